The van der Waals surface area contributed by atoms with Crippen LogP contribution >= 0.6 is 0 Å². The molecule has 2 N–H and O–H groups in total. The van der Waals surface area contributed by atoms with Crippen LogP contribution in [0.3, 0.4) is 0 Å². The van der Waals surface area contributed by atoms with Gasteiger partial charge < -0.3 is 15.4 Å². The molecule has 1 aliphatic rings. The van der Waals surface area contributed by atoms with Crippen LogP contribution in [-0.2, 0) is 0 Å². The van der Waals surface area contributed by atoms with Gasteiger partial charge in [0.05, 0.1) is 23.7 Å². The number of anilines is 1. The Bertz CT molecular complexity index is 1020. The molecule has 146 valence electrons. The molecule has 1 saturated heterocycles. The summed E-state index contributed by atoms with van der Waals surface area (Å²) in [6.07, 6.45) is 8.78. The van der Waals surface area contributed by atoms with Crippen molar-refractivity contribution in [2.45, 2.75) is 25.8 Å². The highest BCUT2D eigenvalue weighted by Crippen LogP contribution is 2.29. The zero-order chi connectivity index (χ0) is 20.1. The number of pyridine rings is 2. The fraction of sp³-hybridized carbons (Fsp3) is 0.286. The highest BCUT2D eigenvalue weighted by molar-refractivity contribution is 5.62. The minimum Gasteiger partial charge on any atom is -0.434 e. The molecule has 0 amide bonds. The van der Waals surface area contributed by atoms with E-state index in [9.17, 15) is 0 Å². The normalized spacial score (nSPS) is 15.7. The first-order chi connectivity index (χ1) is 14.2. The molecule has 1 aliphatic heterocycles. The number of ether oxygens (including phenoxy) is 1. The minimum absolute atomic E-state index is 0.355. The van der Waals surface area contributed by atoms with Crippen LogP contribution in [0.25, 0.3) is 11.3 Å². The van der Waals surface area contributed by atoms with Crippen LogP contribution < -0.4 is 15.4 Å². The van der Waals surface area contributed by atoms with Gasteiger partial charge in [0.25, 0.3) is 5.88 Å². The Kier molecular flexibility index (Phi) is 5.59. The lowest BCUT2D eigenvalue weighted by Crippen LogP contribution is -2.29. The van der Waals surface area contributed by atoms with E-state index in [1.54, 1.807) is 24.7 Å². The fourth-order valence-electron chi connectivity index (χ4n) is 3.12. The van der Waals surface area contributed by atoms with E-state index in [1.807, 2.05) is 19.1 Å². The van der Waals surface area contributed by atoms with Crippen LogP contribution in [0.4, 0.5) is 5.82 Å². The lowest BCUT2D eigenvalue weighted by Gasteiger charge is -2.15. The van der Waals surface area contributed by atoms with Gasteiger partial charge in [-0.3, -0.25) is 9.97 Å². The summed E-state index contributed by atoms with van der Waals surface area (Å²) >= 11 is 0. The van der Waals surface area contributed by atoms with Gasteiger partial charge in [-0.1, -0.05) is 0 Å². The van der Waals surface area contributed by atoms with E-state index in [1.165, 1.54) is 12.6 Å². The van der Waals surface area contributed by atoms with Crippen molar-refractivity contribution >= 4 is 5.82 Å². The maximum absolute atomic E-state index is 9.13. The van der Waals surface area contributed by atoms with Gasteiger partial charge in [0.1, 0.15) is 11.8 Å². The predicted molar refractivity (Wildman–Crippen MR) is 109 cm³/mol. The van der Waals surface area contributed by atoms with E-state index >= 15 is 0 Å². The highest BCUT2D eigenvalue weighted by Gasteiger charge is 2.17. The number of hydrogen-bond acceptors (Lipinski definition) is 8. The maximum atomic E-state index is 9.13. The molecule has 0 unspecified atom stereocenters. The number of aromatic nitrogens is 4. The molecule has 0 bridgehead atoms. The maximum Gasteiger partial charge on any atom is 0.263 e. The van der Waals surface area contributed by atoms with E-state index in [2.05, 4.69) is 36.6 Å². The number of aryl methyl sites for hydroxylation is 1. The molecule has 0 aromatic carbocycles. The van der Waals surface area contributed by atoms with Gasteiger partial charge in [0, 0.05) is 36.2 Å². The van der Waals surface area contributed by atoms with Gasteiger partial charge in [-0.2, -0.15) is 5.26 Å². The lowest BCUT2D eigenvalue weighted by atomic mass is 10.2. The quantitative estimate of drug-likeness (QED) is 0.664. The average molecular weight is 387 g/mol. The SMILES string of the molecule is Cc1ccc(Oc2nc(-c3cncc(C#N)c3)cnc2NC[C@@H]2CCCN2)cn1. The molecule has 0 aliphatic carbocycles. The Balaban J connectivity index is 1.64. The van der Waals surface area contributed by atoms with E-state index in [0.717, 1.165) is 25.2 Å². The summed E-state index contributed by atoms with van der Waals surface area (Å²) < 4.78 is 5.99. The van der Waals surface area contributed by atoms with Crippen LogP contribution in [0.5, 0.6) is 11.6 Å². The fourth-order valence-corrected chi connectivity index (χ4v) is 3.12. The molecule has 8 nitrogen and oxygen atoms in total. The number of nitrogens with one attached hydrogen (secondary N) is 2. The van der Waals surface area contributed by atoms with Crippen molar-refractivity contribution in [2.24, 2.45) is 0 Å². The molecule has 3 aromatic rings. The monoisotopic (exact) mass is 387 g/mol. The molecule has 0 saturated carbocycles. The van der Waals surface area contributed by atoms with E-state index in [-0.39, 0.29) is 0 Å². The second kappa shape index (κ2) is 8.63. The molecule has 0 spiro atoms. The summed E-state index contributed by atoms with van der Waals surface area (Å²) in [5, 5.41) is 15.9. The number of rotatable bonds is 6. The minimum atomic E-state index is 0.355. The predicted octanol–water partition coefficient (Wildman–Crippen LogP) is 3.07. The molecule has 3 aromatic heterocycles. The van der Waals surface area contributed by atoms with E-state index in [0.29, 0.717) is 40.3 Å². The number of nitriles is 1. The van der Waals surface area contributed by atoms with Crippen LogP contribution in [0.2, 0.25) is 0 Å². The summed E-state index contributed by atoms with van der Waals surface area (Å²) in [6, 6.07) is 7.94. The number of hydrogen-bond donors (Lipinski definition) is 2. The smallest absolute Gasteiger partial charge is 0.263 e. The summed E-state index contributed by atoms with van der Waals surface area (Å²) in [7, 11) is 0. The van der Waals surface area contributed by atoms with Gasteiger partial charge in [-0.15, -0.1) is 0 Å². The molecular formula is C21H21N7O. The third kappa shape index (κ3) is 4.65. The van der Waals surface area contributed by atoms with Crippen molar-refractivity contribution < 1.29 is 4.74 Å². The largest absolute Gasteiger partial charge is 0.434 e. The molecule has 29 heavy (non-hydrogen) atoms. The molecule has 8 heteroatoms. The molecular weight excluding hydrogens is 366 g/mol. The van der Waals surface area contributed by atoms with Gasteiger partial charge in [-0.25, -0.2) is 9.97 Å². The van der Waals surface area contributed by atoms with Crippen molar-refractivity contribution in [3.8, 4) is 29.0 Å². The highest BCUT2D eigenvalue weighted by atomic mass is 16.5. The van der Waals surface area contributed by atoms with Gasteiger partial charge in [0.15, 0.2) is 5.82 Å². The second-order valence-electron chi connectivity index (χ2n) is 6.89. The first kappa shape index (κ1) is 18.8. The summed E-state index contributed by atoms with van der Waals surface area (Å²) in [5.74, 6) is 1.49. The van der Waals surface area contributed by atoms with Crippen LogP contribution in [0.15, 0.2) is 43.0 Å². The first-order valence-corrected chi connectivity index (χ1v) is 9.51. The molecule has 4 heterocycles. The van der Waals surface area contributed by atoms with Gasteiger partial charge in [0.2, 0.25) is 0 Å². The van der Waals surface area contributed by atoms with E-state index < -0.39 is 0 Å². The average Bonchev–Trinajstić information content (AvgIpc) is 3.28. The Hall–Kier alpha value is -3.57. The molecule has 4 rings (SSSR count). The third-order valence-corrected chi connectivity index (χ3v) is 4.68. The summed E-state index contributed by atoms with van der Waals surface area (Å²) in [6.45, 7) is 3.70. The summed E-state index contributed by atoms with van der Waals surface area (Å²) in [4.78, 5) is 17.5. The van der Waals surface area contributed by atoms with Crippen molar-refractivity contribution in [3.05, 3.63) is 54.2 Å². The Morgan fingerprint density at radius 3 is 2.93 bits per heavy atom. The Labute approximate surface area is 169 Å². The van der Waals surface area contributed by atoms with Crippen molar-refractivity contribution in [3.63, 3.8) is 0 Å². The second-order valence-corrected chi connectivity index (χ2v) is 6.89. The molecule has 0 radical (unpaired) electrons. The number of nitrogens with zero attached hydrogens (tertiary/aromatic N) is 5. The molecule has 1 fully saturated rings. The van der Waals surface area contributed by atoms with Crippen LogP contribution in [0, 0.1) is 18.3 Å². The molecule has 1 atom stereocenters. The third-order valence-electron chi connectivity index (χ3n) is 4.68. The standard InChI is InChI=1S/C21H21N7O/c1-14-4-5-18(12-25-14)29-21-20(26-11-17-3-2-6-24-17)27-13-19(28-21)16-7-15(8-22)9-23-10-16/h4-5,7,9-10,12-13,17,24H,2-3,6,11H2,1H3,(H,26,27)/t17-/m0/s1. The summed E-state index contributed by atoms with van der Waals surface area (Å²) in [5.41, 5.74) is 2.65. The van der Waals surface area contributed by atoms with E-state index in [4.69, 9.17) is 10.00 Å². The van der Waals surface area contributed by atoms with Crippen LogP contribution in [-0.4, -0.2) is 39.1 Å². The Morgan fingerprint density at radius 1 is 1.24 bits per heavy atom. The van der Waals surface area contributed by atoms with Crippen LogP contribution in [0.1, 0.15) is 24.1 Å². The van der Waals surface area contributed by atoms with Crippen molar-refractivity contribution in [1.82, 2.24) is 25.3 Å². The van der Waals surface area contributed by atoms with Gasteiger partial charge >= 0.3 is 0 Å². The van der Waals surface area contributed by atoms with Crippen molar-refractivity contribution in [1.29, 1.82) is 5.26 Å². The Morgan fingerprint density at radius 2 is 2.17 bits per heavy atom. The lowest BCUT2D eigenvalue weighted by molar-refractivity contribution is 0.460. The van der Waals surface area contributed by atoms with Crippen molar-refractivity contribution in [2.75, 3.05) is 18.4 Å². The zero-order valence-corrected chi connectivity index (χ0v) is 16.1. The van der Waals surface area contributed by atoms with Gasteiger partial charge in [-0.05, 0) is 44.5 Å². The zero-order valence-electron chi connectivity index (χ0n) is 16.1. The first-order valence-electron chi connectivity index (χ1n) is 9.51. The topological polar surface area (TPSA) is 109 Å².